The van der Waals surface area contributed by atoms with Crippen molar-refractivity contribution < 1.29 is 4.39 Å². The summed E-state index contributed by atoms with van der Waals surface area (Å²) in [5.41, 5.74) is 6.03. The fourth-order valence-corrected chi connectivity index (χ4v) is 3.17. The SMILES string of the molecule is CC(C)c1ccc(-c2nc(-c3ccccc3)c(-c3ccc(F)cc3)[nH]2)cc1. The van der Waals surface area contributed by atoms with Crippen LogP contribution in [0.25, 0.3) is 33.9 Å². The van der Waals surface area contributed by atoms with Crippen molar-refractivity contribution in [1.29, 1.82) is 0 Å². The van der Waals surface area contributed by atoms with Gasteiger partial charge in [-0.1, -0.05) is 68.4 Å². The van der Waals surface area contributed by atoms with Crippen LogP contribution in [0.5, 0.6) is 0 Å². The summed E-state index contributed by atoms with van der Waals surface area (Å²) in [5, 5.41) is 0. The first-order valence-electron chi connectivity index (χ1n) is 9.13. The quantitative estimate of drug-likeness (QED) is 0.434. The fourth-order valence-electron chi connectivity index (χ4n) is 3.17. The van der Waals surface area contributed by atoms with Crippen molar-refractivity contribution in [2.45, 2.75) is 19.8 Å². The van der Waals surface area contributed by atoms with Crippen molar-refractivity contribution in [2.24, 2.45) is 0 Å². The molecule has 0 atom stereocenters. The van der Waals surface area contributed by atoms with Crippen LogP contribution in [0.4, 0.5) is 4.39 Å². The Bertz CT molecular complexity index is 1030. The monoisotopic (exact) mass is 356 g/mol. The van der Waals surface area contributed by atoms with Crippen molar-refractivity contribution in [3.8, 4) is 33.9 Å². The lowest BCUT2D eigenvalue weighted by Crippen LogP contribution is -1.87. The Hall–Kier alpha value is -3.20. The van der Waals surface area contributed by atoms with Gasteiger partial charge in [0.1, 0.15) is 11.6 Å². The summed E-state index contributed by atoms with van der Waals surface area (Å²) < 4.78 is 13.4. The van der Waals surface area contributed by atoms with Crippen LogP contribution in [-0.4, -0.2) is 9.97 Å². The first-order valence-corrected chi connectivity index (χ1v) is 9.13. The molecule has 1 aromatic heterocycles. The maximum atomic E-state index is 13.4. The zero-order valence-electron chi connectivity index (χ0n) is 15.4. The number of imidazole rings is 1. The standard InChI is InChI=1S/C24H21FN2/c1-16(2)17-8-10-20(11-9-17)24-26-22(18-6-4-3-5-7-18)23(27-24)19-12-14-21(25)15-13-19/h3-16H,1-2H3,(H,26,27). The molecule has 4 aromatic rings. The van der Waals surface area contributed by atoms with Gasteiger partial charge in [-0.2, -0.15) is 0 Å². The van der Waals surface area contributed by atoms with E-state index < -0.39 is 0 Å². The number of aromatic nitrogens is 2. The summed E-state index contributed by atoms with van der Waals surface area (Å²) in [5.74, 6) is 1.05. The molecule has 0 saturated heterocycles. The van der Waals surface area contributed by atoms with Crippen LogP contribution in [-0.2, 0) is 0 Å². The Labute approximate surface area is 158 Å². The molecule has 0 spiro atoms. The van der Waals surface area contributed by atoms with Gasteiger partial charge in [0.25, 0.3) is 0 Å². The molecule has 0 amide bonds. The number of hydrogen-bond donors (Lipinski definition) is 1. The Kier molecular flexibility index (Phi) is 4.59. The summed E-state index contributed by atoms with van der Waals surface area (Å²) in [6.07, 6.45) is 0. The summed E-state index contributed by atoms with van der Waals surface area (Å²) in [7, 11) is 0. The normalized spacial score (nSPS) is 11.1. The lowest BCUT2D eigenvalue weighted by Gasteiger charge is -2.05. The molecule has 0 aliphatic rings. The zero-order chi connectivity index (χ0) is 18.8. The van der Waals surface area contributed by atoms with E-state index in [2.05, 4.69) is 43.1 Å². The van der Waals surface area contributed by atoms with E-state index in [1.807, 2.05) is 30.3 Å². The maximum absolute atomic E-state index is 13.4. The third-order valence-electron chi connectivity index (χ3n) is 4.73. The van der Waals surface area contributed by atoms with Crippen LogP contribution >= 0.6 is 0 Å². The third kappa shape index (κ3) is 3.54. The van der Waals surface area contributed by atoms with Gasteiger partial charge in [0.05, 0.1) is 11.4 Å². The van der Waals surface area contributed by atoms with Crippen molar-refractivity contribution in [2.75, 3.05) is 0 Å². The van der Waals surface area contributed by atoms with Gasteiger partial charge in [-0.25, -0.2) is 9.37 Å². The van der Waals surface area contributed by atoms with Crippen LogP contribution in [0.15, 0.2) is 78.9 Å². The predicted octanol–water partition coefficient (Wildman–Crippen LogP) is 6.67. The summed E-state index contributed by atoms with van der Waals surface area (Å²) in [6, 6.07) is 25.0. The average Bonchev–Trinajstić information content (AvgIpc) is 3.15. The molecule has 0 aliphatic heterocycles. The zero-order valence-corrected chi connectivity index (χ0v) is 15.4. The molecular weight excluding hydrogens is 335 g/mol. The second-order valence-electron chi connectivity index (χ2n) is 6.96. The van der Waals surface area contributed by atoms with E-state index in [1.54, 1.807) is 12.1 Å². The first-order chi connectivity index (χ1) is 13.1. The fraction of sp³-hybridized carbons (Fsp3) is 0.125. The summed E-state index contributed by atoms with van der Waals surface area (Å²) in [6.45, 7) is 4.37. The number of halogens is 1. The largest absolute Gasteiger partial charge is 0.337 e. The van der Waals surface area contributed by atoms with Gasteiger partial charge in [0.2, 0.25) is 0 Å². The molecule has 134 valence electrons. The van der Waals surface area contributed by atoms with Gasteiger partial charge in [0, 0.05) is 16.7 Å². The van der Waals surface area contributed by atoms with E-state index >= 15 is 0 Å². The van der Waals surface area contributed by atoms with Crippen molar-refractivity contribution in [1.82, 2.24) is 9.97 Å². The Balaban J connectivity index is 1.83. The number of aromatic amines is 1. The van der Waals surface area contributed by atoms with Gasteiger partial charge < -0.3 is 4.98 Å². The van der Waals surface area contributed by atoms with Gasteiger partial charge in [-0.3, -0.25) is 0 Å². The molecule has 3 aromatic carbocycles. The van der Waals surface area contributed by atoms with Crippen LogP contribution in [0.3, 0.4) is 0 Å². The highest BCUT2D eigenvalue weighted by Crippen LogP contribution is 2.33. The number of rotatable bonds is 4. The van der Waals surface area contributed by atoms with E-state index in [0.717, 1.165) is 33.9 Å². The van der Waals surface area contributed by atoms with E-state index in [-0.39, 0.29) is 5.82 Å². The topological polar surface area (TPSA) is 28.7 Å². The number of nitrogens with zero attached hydrogens (tertiary/aromatic N) is 1. The van der Waals surface area contributed by atoms with Crippen LogP contribution < -0.4 is 0 Å². The molecule has 0 fully saturated rings. The van der Waals surface area contributed by atoms with Crippen molar-refractivity contribution >= 4 is 0 Å². The molecule has 0 aliphatic carbocycles. The summed E-state index contributed by atoms with van der Waals surface area (Å²) >= 11 is 0. The molecule has 3 heteroatoms. The molecule has 0 saturated carbocycles. The molecule has 27 heavy (non-hydrogen) atoms. The minimum absolute atomic E-state index is 0.246. The van der Waals surface area contributed by atoms with E-state index in [0.29, 0.717) is 5.92 Å². The second kappa shape index (κ2) is 7.20. The minimum Gasteiger partial charge on any atom is -0.337 e. The molecule has 0 radical (unpaired) electrons. The van der Waals surface area contributed by atoms with Gasteiger partial charge in [0.15, 0.2) is 0 Å². The molecule has 0 bridgehead atoms. The summed E-state index contributed by atoms with van der Waals surface area (Å²) in [4.78, 5) is 8.32. The van der Waals surface area contributed by atoms with Crippen LogP contribution in [0, 0.1) is 5.82 Å². The van der Waals surface area contributed by atoms with Gasteiger partial charge >= 0.3 is 0 Å². The van der Waals surface area contributed by atoms with Gasteiger partial charge in [-0.15, -0.1) is 0 Å². The van der Waals surface area contributed by atoms with Gasteiger partial charge in [-0.05, 0) is 35.7 Å². The lowest BCUT2D eigenvalue weighted by molar-refractivity contribution is 0.628. The lowest BCUT2D eigenvalue weighted by atomic mass is 10.0. The Morgan fingerprint density at radius 1 is 0.741 bits per heavy atom. The smallest absolute Gasteiger partial charge is 0.138 e. The molecule has 0 unspecified atom stereocenters. The number of hydrogen-bond acceptors (Lipinski definition) is 1. The Morgan fingerprint density at radius 3 is 2.00 bits per heavy atom. The predicted molar refractivity (Wildman–Crippen MR) is 109 cm³/mol. The highest BCUT2D eigenvalue weighted by molar-refractivity contribution is 5.81. The molecule has 1 heterocycles. The highest BCUT2D eigenvalue weighted by atomic mass is 19.1. The molecule has 1 N–H and O–H groups in total. The number of benzene rings is 3. The Morgan fingerprint density at radius 2 is 1.37 bits per heavy atom. The molecular formula is C24H21FN2. The third-order valence-corrected chi connectivity index (χ3v) is 4.73. The number of nitrogens with one attached hydrogen (secondary N) is 1. The second-order valence-corrected chi connectivity index (χ2v) is 6.96. The van der Waals surface area contributed by atoms with E-state index in [1.165, 1.54) is 17.7 Å². The van der Waals surface area contributed by atoms with E-state index in [4.69, 9.17) is 4.98 Å². The van der Waals surface area contributed by atoms with Crippen LogP contribution in [0.2, 0.25) is 0 Å². The molecule has 4 rings (SSSR count). The molecule has 2 nitrogen and oxygen atoms in total. The maximum Gasteiger partial charge on any atom is 0.138 e. The first kappa shape index (κ1) is 17.2. The number of H-pyrrole nitrogens is 1. The van der Waals surface area contributed by atoms with Crippen molar-refractivity contribution in [3.63, 3.8) is 0 Å². The average molecular weight is 356 g/mol. The van der Waals surface area contributed by atoms with E-state index in [9.17, 15) is 4.39 Å². The van der Waals surface area contributed by atoms with Crippen molar-refractivity contribution in [3.05, 3.63) is 90.2 Å². The van der Waals surface area contributed by atoms with Crippen LogP contribution in [0.1, 0.15) is 25.3 Å². The minimum atomic E-state index is -0.246. The highest BCUT2D eigenvalue weighted by Gasteiger charge is 2.15.